The van der Waals surface area contributed by atoms with Crippen molar-refractivity contribution in [3.8, 4) is 0 Å². The third kappa shape index (κ3) is 5.39. The Morgan fingerprint density at radius 1 is 1.07 bits per heavy atom. The first kappa shape index (κ1) is 35.7. The van der Waals surface area contributed by atoms with Crippen molar-refractivity contribution in [3.05, 3.63) is 59.2 Å². The molecule has 3 aliphatic carbocycles. The van der Waals surface area contributed by atoms with Crippen LogP contribution in [0, 0.1) is 16.7 Å². The minimum absolute atomic E-state index is 0.0828. The number of rotatable bonds is 3. The Hall–Kier alpha value is -3.10. The Bertz CT molecular complexity index is 1440. The Morgan fingerprint density at radius 3 is 2.11 bits per heavy atom. The number of aliphatic hydroxyl groups excluding tert-OH is 3. The predicted molar refractivity (Wildman–Crippen MR) is 156 cm³/mol. The zero-order valence-corrected chi connectivity index (χ0v) is 26.6. The molecule has 1 heterocycles. The van der Waals surface area contributed by atoms with Gasteiger partial charge in [-0.3, -0.25) is 9.59 Å². The van der Waals surface area contributed by atoms with Gasteiger partial charge in [-0.2, -0.15) is 13.2 Å². The maximum atomic E-state index is 14.3. The van der Waals surface area contributed by atoms with Crippen LogP contribution in [0.5, 0.6) is 0 Å². The average Bonchev–Trinajstić information content (AvgIpc) is 2.95. The lowest BCUT2D eigenvalue weighted by molar-refractivity contribution is -0.345. The van der Waals surface area contributed by atoms with E-state index in [1.165, 1.54) is 26.0 Å². The lowest BCUT2D eigenvalue weighted by atomic mass is 9.44. The number of allylic oxidation sites excluding steroid dienone is 1. The highest BCUT2D eigenvalue weighted by atomic mass is 19.4. The largest absolute Gasteiger partial charge is 0.455 e. The number of fused-ring (bicyclic) bond motifs is 5. The molecule has 46 heavy (non-hydrogen) atoms. The van der Waals surface area contributed by atoms with Crippen molar-refractivity contribution in [2.75, 3.05) is 6.61 Å². The number of Topliss-reactive ketones (excluding diaryl/α,β-unsaturated/α-hetero) is 1. The molecule has 10 nitrogen and oxygen atoms in total. The number of hydrogen-bond donors (Lipinski definition) is 4. The zero-order chi connectivity index (χ0) is 34.8. The first-order valence-corrected chi connectivity index (χ1v) is 14.9. The second-order valence-corrected chi connectivity index (χ2v) is 13.5. The van der Waals surface area contributed by atoms with Crippen LogP contribution in [0.4, 0.5) is 13.2 Å². The van der Waals surface area contributed by atoms with Gasteiger partial charge in [0.1, 0.15) is 23.9 Å². The van der Waals surface area contributed by atoms with Crippen molar-refractivity contribution in [3.63, 3.8) is 0 Å². The van der Waals surface area contributed by atoms with Gasteiger partial charge in [0.25, 0.3) is 0 Å². The van der Waals surface area contributed by atoms with Crippen molar-refractivity contribution < 1.29 is 62.2 Å². The van der Waals surface area contributed by atoms with Crippen LogP contribution in [0.25, 0.3) is 0 Å². The fourth-order valence-electron chi connectivity index (χ4n) is 7.66. The van der Waals surface area contributed by atoms with Crippen LogP contribution in [0.1, 0.15) is 64.7 Å². The monoisotopic (exact) mass is 654 g/mol. The number of esters is 2. The summed E-state index contributed by atoms with van der Waals surface area (Å²) in [6.45, 7) is 10.9. The van der Waals surface area contributed by atoms with Crippen LogP contribution in [-0.4, -0.2) is 92.7 Å². The molecule has 1 saturated heterocycles. The van der Waals surface area contributed by atoms with Gasteiger partial charge < -0.3 is 34.6 Å². The predicted octanol–water partition coefficient (Wildman–Crippen LogP) is 3.21. The van der Waals surface area contributed by atoms with Gasteiger partial charge in [0.2, 0.25) is 0 Å². The molecule has 1 aromatic rings. The van der Waals surface area contributed by atoms with Gasteiger partial charge in [-0.25, -0.2) is 4.79 Å². The van der Waals surface area contributed by atoms with Crippen molar-refractivity contribution in [2.45, 2.75) is 102 Å². The molecule has 0 amide bonds. The van der Waals surface area contributed by atoms with Gasteiger partial charge in [-0.1, -0.05) is 38.6 Å². The minimum Gasteiger partial charge on any atom is -0.455 e. The molecule has 9 atom stereocenters. The fourth-order valence-corrected chi connectivity index (χ4v) is 7.66. The van der Waals surface area contributed by atoms with E-state index in [9.17, 15) is 48.0 Å². The molecule has 254 valence electrons. The van der Waals surface area contributed by atoms with E-state index < -0.39 is 87.9 Å². The van der Waals surface area contributed by atoms with Crippen LogP contribution in [0.15, 0.2) is 53.6 Å². The summed E-state index contributed by atoms with van der Waals surface area (Å²) in [4.78, 5) is 40.3. The first-order valence-electron chi connectivity index (χ1n) is 14.9. The first-order chi connectivity index (χ1) is 21.1. The Balaban J connectivity index is 0.000000617. The maximum Gasteiger partial charge on any atom is 0.411 e. The summed E-state index contributed by atoms with van der Waals surface area (Å²) in [5.74, 6) is -3.60. The molecular formula is C33H41F3O10. The molecule has 0 radical (unpaired) electrons. The second kappa shape index (κ2) is 11.9. The number of benzene rings is 1. The summed E-state index contributed by atoms with van der Waals surface area (Å²) in [5.41, 5.74) is -7.00. The number of ether oxygens (including phenoxy) is 3. The average molecular weight is 655 g/mol. The van der Waals surface area contributed by atoms with Gasteiger partial charge in [-0.05, 0) is 44.1 Å². The quantitative estimate of drug-likeness (QED) is 0.282. The molecule has 1 unspecified atom stereocenters. The lowest BCUT2D eigenvalue weighted by Crippen LogP contribution is -2.81. The molecule has 2 bridgehead atoms. The summed E-state index contributed by atoms with van der Waals surface area (Å²) in [6.07, 6.45) is -11.5. The van der Waals surface area contributed by atoms with E-state index in [0.717, 1.165) is 6.92 Å². The lowest BCUT2D eigenvalue weighted by Gasteiger charge is -2.67. The van der Waals surface area contributed by atoms with E-state index in [4.69, 9.17) is 14.2 Å². The highest BCUT2D eigenvalue weighted by Gasteiger charge is 2.77. The van der Waals surface area contributed by atoms with E-state index >= 15 is 0 Å². The topological polar surface area (TPSA) is 160 Å². The summed E-state index contributed by atoms with van der Waals surface area (Å²) in [6, 6.07) is 8.08. The highest BCUT2D eigenvalue weighted by Crippen LogP contribution is 2.63. The molecule has 0 aromatic heterocycles. The van der Waals surface area contributed by atoms with Crippen molar-refractivity contribution in [1.82, 2.24) is 0 Å². The fraction of sp³-hybridized carbons (Fsp3) is 0.606. The van der Waals surface area contributed by atoms with E-state index in [2.05, 4.69) is 6.58 Å². The Morgan fingerprint density at radius 2 is 1.63 bits per heavy atom. The second-order valence-electron chi connectivity index (χ2n) is 13.5. The molecule has 13 heteroatoms. The van der Waals surface area contributed by atoms with E-state index in [1.54, 1.807) is 39.0 Å². The molecule has 1 aromatic carbocycles. The van der Waals surface area contributed by atoms with Crippen LogP contribution < -0.4 is 0 Å². The third-order valence-electron chi connectivity index (χ3n) is 10.4. The van der Waals surface area contributed by atoms with Gasteiger partial charge >= 0.3 is 18.1 Å². The summed E-state index contributed by atoms with van der Waals surface area (Å²) >= 11 is 0. The number of halogens is 3. The van der Waals surface area contributed by atoms with Gasteiger partial charge in [-0.15, -0.1) is 0 Å². The number of carbonyl (C=O) groups excluding carboxylic acids is 3. The van der Waals surface area contributed by atoms with Crippen molar-refractivity contribution in [2.24, 2.45) is 16.7 Å². The zero-order valence-electron chi connectivity index (χ0n) is 26.6. The Kier molecular flexibility index (Phi) is 9.21. The summed E-state index contributed by atoms with van der Waals surface area (Å²) in [7, 11) is 0. The minimum atomic E-state index is -4.19. The molecule has 0 spiro atoms. The van der Waals surface area contributed by atoms with Crippen molar-refractivity contribution >= 4 is 17.7 Å². The standard InChI is InChI=1S/C29H36O10.C4H5F3/c1-14-17(31)12-29(36)24(38-25(35)16-9-7-6-8-10-16)22-27(5,23(34)21(33)20(14)26(29,3)4)18(32)11-19-28(22,13-37-19)39-15(2)30;1-3(2)4(5,6)7/h6-10,17-19,21-22,24,31-33,36H,11-13H2,1-5H3;1H2,2H3/t17-,18-,19+,21+,22?,24-,27+,28-,29+;/m0./s1. The summed E-state index contributed by atoms with van der Waals surface area (Å²) < 4.78 is 51.0. The number of alkyl halides is 3. The summed E-state index contributed by atoms with van der Waals surface area (Å²) in [5, 5.41) is 46.7. The van der Waals surface area contributed by atoms with Gasteiger partial charge in [0, 0.05) is 30.8 Å². The molecule has 4 N–H and O–H groups in total. The highest BCUT2D eigenvalue weighted by molar-refractivity contribution is 5.94. The van der Waals surface area contributed by atoms with E-state index in [-0.39, 0.29) is 30.6 Å². The van der Waals surface area contributed by atoms with Gasteiger partial charge in [0.15, 0.2) is 11.4 Å². The molecule has 4 aliphatic rings. The van der Waals surface area contributed by atoms with Crippen LogP contribution >= 0.6 is 0 Å². The van der Waals surface area contributed by atoms with Gasteiger partial charge in [0.05, 0.1) is 35.7 Å². The smallest absolute Gasteiger partial charge is 0.411 e. The number of aliphatic hydroxyl groups is 4. The molecule has 2 saturated carbocycles. The van der Waals surface area contributed by atoms with Crippen LogP contribution in [-0.2, 0) is 23.8 Å². The SMILES string of the molecule is C=C(C)C(F)(F)F.CC(=O)O[C@@]12CO[C@@H]1C[C@H](O)[C@@]1(C)C(=O)[C@H](O)C3=C(C)[C@@H](O)C[C@@](O)([C@@H](OC(=O)c4ccccc4)C12)C3(C)C. The van der Waals surface area contributed by atoms with Crippen LogP contribution in [0.3, 0.4) is 0 Å². The normalized spacial score (nSPS) is 38.0. The molecular weight excluding hydrogens is 613 g/mol. The number of carbonyl (C=O) groups is 3. The molecule has 5 rings (SSSR count). The van der Waals surface area contributed by atoms with Crippen LogP contribution in [0.2, 0.25) is 0 Å². The van der Waals surface area contributed by atoms with E-state index in [1.807, 2.05) is 0 Å². The maximum absolute atomic E-state index is 14.3. The molecule has 3 fully saturated rings. The Labute approximate surface area is 264 Å². The number of ketones is 1. The number of hydrogen-bond acceptors (Lipinski definition) is 10. The molecule has 1 aliphatic heterocycles. The van der Waals surface area contributed by atoms with Crippen molar-refractivity contribution in [1.29, 1.82) is 0 Å². The van der Waals surface area contributed by atoms with E-state index in [0.29, 0.717) is 5.57 Å². The third-order valence-corrected chi connectivity index (χ3v) is 10.4.